The SMILES string of the molecule is CC1CNC(C)(C2CCCS2(=O)=O)O1. The molecule has 3 atom stereocenters. The third-order valence-electron chi connectivity index (χ3n) is 3.13. The molecule has 2 saturated heterocycles. The second-order valence-electron chi connectivity index (χ2n) is 4.41. The summed E-state index contributed by atoms with van der Waals surface area (Å²) in [6.07, 6.45) is 1.59. The molecule has 2 heterocycles. The molecule has 5 heteroatoms. The summed E-state index contributed by atoms with van der Waals surface area (Å²) in [5.74, 6) is 0.312. The average molecular weight is 219 g/mol. The van der Waals surface area contributed by atoms with Gasteiger partial charge >= 0.3 is 0 Å². The van der Waals surface area contributed by atoms with Crippen molar-refractivity contribution in [3.05, 3.63) is 0 Å². The van der Waals surface area contributed by atoms with Crippen molar-refractivity contribution in [2.45, 2.75) is 43.8 Å². The fourth-order valence-corrected chi connectivity index (χ4v) is 4.65. The zero-order chi connectivity index (χ0) is 10.4. The van der Waals surface area contributed by atoms with Crippen LogP contribution in [0, 0.1) is 0 Å². The van der Waals surface area contributed by atoms with E-state index < -0.39 is 15.6 Å². The summed E-state index contributed by atoms with van der Waals surface area (Å²) in [5, 5.41) is 2.82. The van der Waals surface area contributed by atoms with Crippen LogP contribution in [0.1, 0.15) is 26.7 Å². The molecule has 2 aliphatic heterocycles. The van der Waals surface area contributed by atoms with E-state index in [0.717, 1.165) is 19.4 Å². The molecular weight excluding hydrogens is 202 g/mol. The smallest absolute Gasteiger partial charge is 0.157 e. The van der Waals surface area contributed by atoms with Gasteiger partial charge in [0.05, 0.1) is 11.9 Å². The van der Waals surface area contributed by atoms with Crippen molar-refractivity contribution in [3.8, 4) is 0 Å². The zero-order valence-electron chi connectivity index (χ0n) is 8.62. The van der Waals surface area contributed by atoms with Crippen molar-refractivity contribution >= 4 is 9.84 Å². The van der Waals surface area contributed by atoms with Crippen LogP contribution in [0.4, 0.5) is 0 Å². The average Bonchev–Trinajstić information content (AvgIpc) is 2.56. The number of hydrogen-bond donors (Lipinski definition) is 1. The molecule has 2 fully saturated rings. The van der Waals surface area contributed by atoms with Gasteiger partial charge < -0.3 is 4.74 Å². The van der Waals surface area contributed by atoms with Gasteiger partial charge in [-0.2, -0.15) is 0 Å². The van der Waals surface area contributed by atoms with Crippen LogP contribution in [0.3, 0.4) is 0 Å². The Morgan fingerprint density at radius 3 is 2.64 bits per heavy atom. The maximum atomic E-state index is 11.7. The minimum atomic E-state index is -2.94. The summed E-state index contributed by atoms with van der Waals surface area (Å²) in [6, 6.07) is 0. The summed E-state index contributed by atoms with van der Waals surface area (Å²) in [6.45, 7) is 4.55. The van der Waals surface area contributed by atoms with Gasteiger partial charge in [0.15, 0.2) is 9.84 Å². The molecule has 0 amide bonds. The van der Waals surface area contributed by atoms with Crippen LogP contribution >= 0.6 is 0 Å². The van der Waals surface area contributed by atoms with Crippen molar-refractivity contribution in [1.82, 2.24) is 5.32 Å². The Balaban J connectivity index is 2.23. The van der Waals surface area contributed by atoms with Crippen molar-refractivity contribution in [2.24, 2.45) is 0 Å². The first-order chi connectivity index (χ1) is 6.44. The molecule has 3 unspecified atom stereocenters. The Labute approximate surface area is 84.9 Å². The lowest BCUT2D eigenvalue weighted by Gasteiger charge is -2.30. The number of rotatable bonds is 1. The molecule has 0 spiro atoms. The molecule has 0 bridgehead atoms. The highest BCUT2D eigenvalue weighted by molar-refractivity contribution is 7.92. The largest absolute Gasteiger partial charge is 0.355 e. The maximum absolute atomic E-state index is 11.7. The molecule has 0 radical (unpaired) electrons. The number of ether oxygens (including phenoxy) is 1. The Hall–Kier alpha value is -0.130. The second-order valence-corrected chi connectivity index (χ2v) is 6.72. The fourth-order valence-electron chi connectivity index (χ4n) is 2.45. The van der Waals surface area contributed by atoms with E-state index in [4.69, 9.17) is 4.74 Å². The highest BCUT2D eigenvalue weighted by Gasteiger charge is 2.49. The molecule has 0 saturated carbocycles. The summed E-state index contributed by atoms with van der Waals surface area (Å²) in [5.41, 5.74) is -0.658. The minimum Gasteiger partial charge on any atom is -0.355 e. The summed E-state index contributed by atoms with van der Waals surface area (Å²) in [4.78, 5) is 0. The van der Waals surface area contributed by atoms with E-state index >= 15 is 0 Å². The Morgan fingerprint density at radius 2 is 2.21 bits per heavy atom. The van der Waals surface area contributed by atoms with E-state index in [-0.39, 0.29) is 11.4 Å². The quantitative estimate of drug-likeness (QED) is 0.688. The molecule has 1 N–H and O–H groups in total. The third kappa shape index (κ3) is 1.57. The molecule has 2 rings (SSSR count). The summed E-state index contributed by atoms with van der Waals surface area (Å²) < 4.78 is 29.2. The predicted octanol–water partition coefficient (Wildman–Crippen LogP) is 0.288. The molecule has 0 aromatic rings. The Kier molecular flexibility index (Phi) is 2.36. The number of nitrogens with one attached hydrogen (secondary N) is 1. The van der Waals surface area contributed by atoms with E-state index in [2.05, 4.69) is 5.32 Å². The van der Waals surface area contributed by atoms with Crippen LogP contribution in [-0.2, 0) is 14.6 Å². The highest BCUT2D eigenvalue weighted by Crippen LogP contribution is 2.33. The van der Waals surface area contributed by atoms with Gasteiger partial charge in [-0.3, -0.25) is 5.32 Å². The first kappa shape index (κ1) is 10.4. The van der Waals surface area contributed by atoms with Crippen molar-refractivity contribution in [1.29, 1.82) is 0 Å². The van der Waals surface area contributed by atoms with E-state index in [0.29, 0.717) is 5.75 Å². The molecule has 0 aliphatic carbocycles. The molecule has 4 nitrogen and oxygen atoms in total. The van der Waals surface area contributed by atoms with Gasteiger partial charge in [-0.1, -0.05) is 0 Å². The summed E-state index contributed by atoms with van der Waals surface area (Å²) in [7, 11) is -2.94. The Bertz CT molecular complexity index is 327. The van der Waals surface area contributed by atoms with Gasteiger partial charge in [0.25, 0.3) is 0 Å². The van der Waals surface area contributed by atoms with Gasteiger partial charge in [-0.05, 0) is 26.7 Å². The van der Waals surface area contributed by atoms with E-state index in [1.54, 1.807) is 0 Å². The van der Waals surface area contributed by atoms with Gasteiger partial charge in [0, 0.05) is 6.54 Å². The molecule has 14 heavy (non-hydrogen) atoms. The van der Waals surface area contributed by atoms with Gasteiger partial charge in [0.1, 0.15) is 11.0 Å². The van der Waals surface area contributed by atoms with Crippen LogP contribution in [0.25, 0.3) is 0 Å². The monoisotopic (exact) mass is 219 g/mol. The van der Waals surface area contributed by atoms with Crippen molar-refractivity contribution in [2.75, 3.05) is 12.3 Å². The normalized spacial score (nSPS) is 47.0. The Morgan fingerprint density at radius 1 is 1.50 bits per heavy atom. The topological polar surface area (TPSA) is 55.4 Å². The third-order valence-corrected chi connectivity index (χ3v) is 5.54. The fraction of sp³-hybridized carbons (Fsp3) is 1.00. The van der Waals surface area contributed by atoms with Crippen molar-refractivity contribution in [3.63, 3.8) is 0 Å². The second kappa shape index (κ2) is 3.18. The standard InChI is InChI=1S/C9H17NO3S/c1-7-6-10-9(2,13-7)8-4-3-5-14(8,11)12/h7-8,10H,3-6H2,1-2H3. The van der Waals surface area contributed by atoms with Crippen LogP contribution in [0.2, 0.25) is 0 Å². The molecule has 2 aliphatic rings. The van der Waals surface area contributed by atoms with Gasteiger partial charge in [-0.15, -0.1) is 0 Å². The van der Waals surface area contributed by atoms with E-state index in [9.17, 15) is 8.42 Å². The molecule has 0 aromatic heterocycles. The molecular formula is C9H17NO3S. The van der Waals surface area contributed by atoms with E-state index in [1.807, 2.05) is 13.8 Å². The highest BCUT2D eigenvalue weighted by atomic mass is 32.2. The number of sulfone groups is 1. The lowest BCUT2D eigenvalue weighted by molar-refractivity contribution is -0.0324. The lowest BCUT2D eigenvalue weighted by Crippen LogP contribution is -2.51. The minimum absolute atomic E-state index is 0.107. The predicted molar refractivity (Wildman–Crippen MR) is 53.8 cm³/mol. The lowest BCUT2D eigenvalue weighted by atomic mass is 10.1. The first-order valence-corrected chi connectivity index (χ1v) is 6.80. The molecule has 82 valence electrons. The first-order valence-electron chi connectivity index (χ1n) is 5.08. The van der Waals surface area contributed by atoms with Gasteiger partial charge in [0.2, 0.25) is 0 Å². The van der Waals surface area contributed by atoms with E-state index in [1.165, 1.54) is 0 Å². The maximum Gasteiger partial charge on any atom is 0.157 e. The van der Waals surface area contributed by atoms with Crippen molar-refractivity contribution < 1.29 is 13.2 Å². The van der Waals surface area contributed by atoms with Crippen LogP contribution in [-0.4, -0.2) is 37.8 Å². The van der Waals surface area contributed by atoms with Gasteiger partial charge in [-0.25, -0.2) is 8.42 Å². The van der Waals surface area contributed by atoms with Crippen LogP contribution in [0.15, 0.2) is 0 Å². The molecule has 0 aromatic carbocycles. The zero-order valence-corrected chi connectivity index (χ0v) is 9.43. The van der Waals surface area contributed by atoms with Crippen LogP contribution in [0.5, 0.6) is 0 Å². The number of hydrogen-bond acceptors (Lipinski definition) is 4. The van der Waals surface area contributed by atoms with Crippen LogP contribution < -0.4 is 5.32 Å². The summed E-state index contributed by atoms with van der Waals surface area (Å²) >= 11 is 0.